The Bertz CT molecular complexity index is 801. The fraction of sp³-hybridized carbons (Fsp3) is 0.600. The van der Waals surface area contributed by atoms with Crippen LogP contribution in [0.3, 0.4) is 0 Å². The summed E-state index contributed by atoms with van der Waals surface area (Å²) < 4.78 is 25.6. The van der Waals surface area contributed by atoms with Crippen molar-refractivity contribution in [2.45, 2.75) is 39.0 Å². The van der Waals surface area contributed by atoms with Crippen molar-refractivity contribution in [3.8, 4) is 0 Å². The maximum absolute atomic E-state index is 12.6. The van der Waals surface area contributed by atoms with Crippen molar-refractivity contribution < 1.29 is 18.0 Å². The number of nitrogens with one attached hydrogen (secondary N) is 1. The van der Waals surface area contributed by atoms with E-state index in [0.29, 0.717) is 31.5 Å². The number of sulfonamides is 1. The molecule has 2 amide bonds. The molecule has 7 nitrogen and oxygen atoms in total. The van der Waals surface area contributed by atoms with Gasteiger partial charge in [-0.15, -0.1) is 0 Å². The van der Waals surface area contributed by atoms with E-state index in [1.807, 2.05) is 17.0 Å². The smallest absolute Gasteiger partial charge is 0.228 e. The van der Waals surface area contributed by atoms with Gasteiger partial charge in [-0.2, -0.15) is 0 Å². The molecule has 2 aliphatic heterocycles. The fourth-order valence-corrected chi connectivity index (χ4v) is 4.97. The van der Waals surface area contributed by atoms with E-state index in [1.165, 1.54) is 4.31 Å². The van der Waals surface area contributed by atoms with E-state index in [2.05, 4.69) is 5.32 Å². The van der Waals surface area contributed by atoms with E-state index in [1.54, 1.807) is 19.1 Å². The molecule has 1 aromatic rings. The summed E-state index contributed by atoms with van der Waals surface area (Å²) in [6.07, 6.45) is 3.91. The molecule has 1 N–H and O–H groups in total. The molecular formula is C20H29N3O4S. The van der Waals surface area contributed by atoms with Crippen molar-refractivity contribution in [1.82, 2.24) is 9.21 Å². The summed E-state index contributed by atoms with van der Waals surface area (Å²) in [5.74, 6) is -0.295. The zero-order valence-corrected chi connectivity index (χ0v) is 17.2. The Kier molecular flexibility index (Phi) is 6.72. The molecule has 2 aliphatic rings. The number of hydrogen-bond acceptors (Lipinski definition) is 4. The molecule has 2 fully saturated rings. The van der Waals surface area contributed by atoms with Gasteiger partial charge >= 0.3 is 0 Å². The van der Waals surface area contributed by atoms with Crippen molar-refractivity contribution in [3.63, 3.8) is 0 Å². The number of rotatable bonds is 6. The molecule has 2 heterocycles. The monoisotopic (exact) mass is 407 g/mol. The number of benzene rings is 1. The molecule has 0 spiro atoms. The van der Waals surface area contributed by atoms with Gasteiger partial charge < -0.3 is 10.2 Å². The number of anilines is 1. The van der Waals surface area contributed by atoms with Gasteiger partial charge in [0.15, 0.2) is 0 Å². The largest absolute Gasteiger partial charge is 0.342 e. The van der Waals surface area contributed by atoms with Crippen molar-refractivity contribution in [2.24, 2.45) is 5.92 Å². The second kappa shape index (κ2) is 9.05. The van der Waals surface area contributed by atoms with Crippen LogP contribution < -0.4 is 5.32 Å². The molecule has 154 valence electrons. The van der Waals surface area contributed by atoms with Gasteiger partial charge in [-0.25, -0.2) is 12.7 Å². The summed E-state index contributed by atoms with van der Waals surface area (Å²) in [6.45, 7) is 4.04. The molecule has 1 aromatic carbocycles. The number of amides is 2. The highest BCUT2D eigenvalue weighted by atomic mass is 32.2. The van der Waals surface area contributed by atoms with Crippen LogP contribution in [0.25, 0.3) is 0 Å². The topological polar surface area (TPSA) is 86.8 Å². The first-order chi connectivity index (χ1) is 13.4. The number of likely N-dealkylation sites (tertiary alicyclic amines) is 1. The maximum Gasteiger partial charge on any atom is 0.228 e. The number of carbonyl (C=O) groups excluding carboxylic acids is 2. The predicted molar refractivity (Wildman–Crippen MR) is 108 cm³/mol. The predicted octanol–water partition coefficient (Wildman–Crippen LogP) is 1.85. The summed E-state index contributed by atoms with van der Waals surface area (Å²) in [7, 11) is -3.27. The first-order valence-corrected chi connectivity index (χ1v) is 11.7. The second-order valence-electron chi connectivity index (χ2n) is 7.55. The van der Waals surface area contributed by atoms with Crippen LogP contribution in [-0.2, 0) is 26.0 Å². The summed E-state index contributed by atoms with van der Waals surface area (Å²) in [5, 5.41) is 2.88. The normalized spacial score (nSPS) is 20.9. The van der Waals surface area contributed by atoms with Gasteiger partial charge in [0.1, 0.15) is 0 Å². The standard InChI is InChI=1S/C20H29N3O4S/c1-2-28(26,27)23-13-5-6-17(15-23)20(25)21-18-9-7-16(8-10-18)14-19(24)22-11-3-4-12-22/h7-10,17H,2-6,11-15H2,1H3,(H,21,25). The highest BCUT2D eigenvalue weighted by Gasteiger charge is 2.31. The first kappa shape index (κ1) is 20.8. The van der Waals surface area contributed by atoms with Crippen molar-refractivity contribution in [2.75, 3.05) is 37.2 Å². The molecule has 0 aromatic heterocycles. The lowest BCUT2D eigenvalue weighted by Crippen LogP contribution is -2.44. The van der Waals surface area contributed by atoms with Gasteiger partial charge in [-0.3, -0.25) is 9.59 Å². The molecule has 0 radical (unpaired) electrons. The van der Waals surface area contributed by atoms with E-state index in [0.717, 1.165) is 31.5 Å². The van der Waals surface area contributed by atoms with Crippen molar-refractivity contribution in [3.05, 3.63) is 29.8 Å². The van der Waals surface area contributed by atoms with Gasteiger partial charge in [0, 0.05) is 31.9 Å². The average Bonchev–Trinajstić information content (AvgIpc) is 3.24. The van der Waals surface area contributed by atoms with Gasteiger partial charge in [-0.05, 0) is 50.3 Å². The van der Waals surface area contributed by atoms with Crippen LogP contribution in [0.15, 0.2) is 24.3 Å². The van der Waals surface area contributed by atoms with Crippen LogP contribution in [0.1, 0.15) is 38.2 Å². The van der Waals surface area contributed by atoms with E-state index in [9.17, 15) is 18.0 Å². The molecule has 3 rings (SSSR count). The maximum atomic E-state index is 12.6. The number of nitrogens with zero attached hydrogens (tertiary/aromatic N) is 2. The highest BCUT2D eigenvalue weighted by Crippen LogP contribution is 2.21. The summed E-state index contributed by atoms with van der Waals surface area (Å²) in [4.78, 5) is 26.7. The summed E-state index contributed by atoms with van der Waals surface area (Å²) in [5.41, 5.74) is 1.59. The van der Waals surface area contributed by atoms with Gasteiger partial charge in [0.2, 0.25) is 21.8 Å². The van der Waals surface area contributed by atoms with Crippen molar-refractivity contribution >= 4 is 27.5 Å². The third-order valence-electron chi connectivity index (χ3n) is 5.55. The molecule has 0 saturated carbocycles. The zero-order chi connectivity index (χ0) is 20.1. The van der Waals surface area contributed by atoms with Crippen LogP contribution in [0.2, 0.25) is 0 Å². The molecule has 0 bridgehead atoms. The summed E-state index contributed by atoms with van der Waals surface area (Å²) in [6, 6.07) is 7.32. The molecular weight excluding hydrogens is 378 g/mol. The fourth-order valence-electron chi connectivity index (χ4n) is 3.79. The Labute approximate surface area is 167 Å². The Morgan fingerprint density at radius 3 is 2.39 bits per heavy atom. The van der Waals surface area contributed by atoms with Gasteiger partial charge in [0.25, 0.3) is 0 Å². The Balaban J connectivity index is 1.54. The lowest BCUT2D eigenvalue weighted by atomic mass is 9.98. The lowest BCUT2D eigenvalue weighted by Gasteiger charge is -2.30. The number of hydrogen-bond donors (Lipinski definition) is 1. The highest BCUT2D eigenvalue weighted by molar-refractivity contribution is 7.89. The van der Waals surface area contributed by atoms with E-state index >= 15 is 0 Å². The molecule has 1 unspecified atom stereocenters. The molecule has 0 aliphatic carbocycles. The van der Waals surface area contributed by atoms with Crippen LogP contribution in [0, 0.1) is 5.92 Å². The van der Waals surface area contributed by atoms with Crippen molar-refractivity contribution in [1.29, 1.82) is 0 Å². The summed E-state index contributed by atoms with van der Waals surface area (Å²) >= 11 is 0. The minimum Gasteiger partial charge on any atom is -0.342 e. The van der Waals surface area contributed by atoms with Crippen LogP contribution in [0.5, 0.6) is 0 Å². The number of piperidine rings is 1. The first-order valence-electron chi connectivity index (χ1n) is 10.0. The van der Waals surface area contributed by atoms with Crippen LogP contribution >= 0.6 is 0 Å². The van der Waals surface area contributed by atoms with E-state index in [-0.39, 0.29) is 30.0 Å². The average molecular weight is 408 g/mol. The second-order valence-corrected chi connectivity index (χ2v) is 9.81. The molecule has 28 heavy (non-hydrogen) atoms. The van der Waals surface area contributed by atoms with Gasteiger partial charge in [0.05, 0.1) is 18.1 Å². The SMILES string of the molecule is CCS(=O)(=O)N1CCCC(C(=O)Nc2ccc(CC(=O)N3CCCC3)cc2)C1. The molecule has 2 saturated heterocycles. The third kappa shape index (κ3) is 5.11. The molecule has 8 heteroatoms. The van der Waals surface area contributed by atoms with Crippen LogP contribution in [-0.4, -0.2) is 61.4 Å². The molecule has 1 atom stereocenters. The lowest BCUT2D eigenvalue weighted by molar-refractivity contribution is -0.129. The minimum absolute atomic E-state index is 0.0545. The Hall–Kier alpha value is -1.93. The number of carbonyl (C=O) groups is 2. The minimum atomic E-state index is -3.27. The Morgan fingerprint density at radius 1 is 1.07 bits per heavy atom. The van der Waals surface area contributed by atoms with Gasteiger partial charge in [-0.1, -0.05) is 12.1 Å². The van der Waals surface area contributed by atoms with E-state index in [4.69, 9.17) is 0 Å². The Morgan fingerprint density at radius 2 is 1.75 bits per heavy atom. The third-order valence-corrected chi connectivity index (χ3v) is 7.40. The van der Waals surface area contributed by atoms with E-state index < -0.39 is 10.0 Å². The van der Waals surface area contributed by atoms with Crippen LogP contribution in [0.4, 0.5) is 5.69 Å². The zero-order valence-electron chi connectivity index (χ0n) is 16.4. The quantitative estimate of drug-likeness (QED) is 0.780.